The van der Waals surface area contributed by atoms with Crippen LogP contribution in [0.5, 0.6) is 5.75 Å². The predicted molar refractivity (Wildman–Crippen MR) is 63.9 cm³/mol. The van der Waals surface area contributed by atoms with Gasteiger partial charge in [-0.1, -0.05) is 5.21 Å². The molecule has 0 atom stereocenters. The molecule has 0 spiro atoms. The van der Waals surface area contributed by atoms with Crippen molar-refractivity contribution in [3.8, 4) is 11.4 Å². The maximum Gasteiger partial charge on any atom is 0.309 e. The number of ether oxygens (including phenoxy) is 1. The molecule has 0 amide bonds. The first kappa shape index (κ1) is 12.1. The van der Waals surface area contributed by atoms with Crippen molar-refractivity contribution in [3.63, 3.8) is 0 Å². The SMILES string of the molecule is CCOc1ccc(-n2nncc2CC(=O)O)cc1. The highest BCUT2D eigenvalue weighted by atomic mass is 16.5. The zero-order valence-corrected chi connectivity index (χ0v) is 9.91. The molecule has 18 heavy (non-hydrogen) atoms. The molecule has 0 aliphatic carbocycles. The van der Waals surface area contributed by atoms with E-state index in [-0.39, 0.29) is 6.42 Å². The fraction of sp³-hybridized carbons (Fsp3) is 0.250. The van der Waals surface area contributed by atoms with E-state index in [1.807, 2.05) is 31.2 Å². The molecule has 1 aromatic carbocycles. The van der Waals surface area contributed by atoms with E-state index in [1.165, 1.54) is 10.9 Å². The van der Waals surface area contributed by atoms with Crippen LogP contribution >= 0.6 is 0 Å². The van der Waals surface area contributed by atoms with Gasteiger partial charge < -0.3 is 9.84 Å². The van der Waals surface area contributed by atoms with Gasteiger partial charge in [0.15, 0.2) is 0 Å². The maximum absolute atomic E-state index is 10.7. The van der Waals surface area contributed by atoms with Crippen LogP contribution in [0.3, 0.4) is 0 Å². The molecule has 2 aromatic rings. The van der Waals surface area contributed by atoms with Gasteiger partial charge in [-0.15, -0.1) is 5.10 Å². The Hall–Kier alpha value is -2.37. The standard InChI is InChI=1S/C12H13N3O3/c1-2-18-11-5-3-9(4-6-11)15-10(7-12(16)17)8-13-14-15/h3-6,8H,2,7H2,1H3,(H,16,17). The lowest BCUT2D eigenvalue weighted by atomic mass is 10.2. The Morgan fingerprint density at radius 3 is 2.72 bits per heavy atom. The third-order valence-corrected chi connectivity index (χ3v) is 2.34. The van der Waals surface area contributed by atoms with Crippen LogP contribution in [0.2, 0.25) is 0 Å². The van der Waals surface area contributed by atoms with Crippen molar-refractivity contribution < 1.29 is 14.6 Å². The van der Waals surface area contributed by atoms with E-state index < -0.39 is 5.97 Å². The zero-order valence-electron chi connectivity index (χ0n) is 9.91. The van der Waals surface area contributed by atoms with Gasteiger partial charge in [0.25, 0.3) is 0 Å². The molecule has 6 heteroatoms. The fourth-order valence-corrected chi connectivity index (χ4v) is 1.60. The normalized spacial score (nSPS) is 10.3. The van der Waals surface area contributed by atoms with Crippen molar-refractivity contribution in [1.29, 1.82) is 0 Å². The second kappa shape index (κ2) is 5.31. The lowest BCUT2D eigenvalue weighted by Gasteiger charge is -2.06. The van der Waals surface area contributed by atoms with Crippen LogP contribution < -0.4 is 4.74 Å². The summed E-state index contributed by atoms with van der Waals surface area (Å²) in [7, 11) is 0. The molecular weight excluding hydrogens is 234 g/mol. The van der Waals surface area contributed by atoms with Crippen molar-refractivity contribution >= 4 is 5.97 Å². The third-order valence-electron chi connectivity index (χ3n) is 2.34. The fourth-order valence-electron chi connectivity index (χ4n) is 1.60. The molecule has 1 N–H and O–H groups in total. The molecule has 6 nitrogen and oxygen atoms in total. The van der Waals surface area contributed by atoms with Gasteiger partial charge >= 0.3 is 5.97 Å². The van der Waals surface area contributed by atoms with E-state index in [0.717, 1.165) is 11.4 Å². The number of aromatic nitrogens is 3. The molecule has 0 bridgehead atoms. The summed E-state index contributed by atoms with van der Waals surface area (Å²) in [5, 5.41) is 16.4. The highest BCUT2D eigenvalue weighted by molar-refractivity contribution is 5.69. The van der Waals surface area contributed by atoms with Gasteiger partial charge in [-0.05, 0) is 31.2 Å². The molecule has 94 valence electrons. The first-order chi connectivity index (χ1) is 8.70. The Labute approximate surface area is 104 Å². The predicted octanol–water partition coefficient (Wildman–Crippen LogP) is 1.29. The van der Waals surface area contributed by atoms with Crippen LogP contribution in [0.1, 0.15) is 12.6 Å². The summed E-state index contributed by atoms with van der Waals surface area (Å²) in [6.07, 6.45) is 1.34. The van der Waals surface area contributed by atoms with Gasteiger partial charge in [0, 0.05) is 0 Å². The topological polar surface area (TPSA) is 77.2 Å². The molecule has 1 heterocycles. The monoisotopic (exact) mass is 247 g/mol. The lowest BCUT2D eigenvalue weighted by molar-refractivity contribution is -0.136. The molecule has 0 saturated heterocycles. The number of carboxylic acids is 1. The smallest absolute Gasteiger partial charge is 0.309 e. The van der Waals surface area contributed by atoms with Gasteiger partial charge in [0.1, 0.15) is 5.75 Å². The minimum atomic E-state index is -0.913. The van der Waals surface area contributed by atoms with E-state index in [2.05, 4.69) is 10.3 Å². The molecule has 0 aliphatic heterocycles. The van der Waals surface area contributed by atoms with Gasteiger partial charge in [0.2, 0.25) is 0 Å². The Balaban J connectivity index is 2.25. The molecule has 2 rings (SSSR count). The van der Waals surface area contributed by atoms with Gasteiger partial charge in [0.05, 0.1) is 30.6 Å². The highest BCUT2D eigenvalue weighted by Gasteiger charge is 2.09. The molecule has 0 aliphatic rings. The van der Waals surface area contributed by atoms with Gasteiger partial charge in [-0.3, -0.25) is 4.79 Å². The van der Waals surface area contributed by atoms with Crippen LogP contribution in [0.25, 0.3) is 5.69 Å². The second-order valence-electron chi connectivity index (χ2n) is 3.63. The summed E-state index contributed by atoms with van der Waals surface area (Å²) in [5.74, 6) is -0.148. The number of nitrogens with zero attached hydrogens (tertiary/aromatic N) is 3. The van der Waals surface area contributed by atoms with E-state index in [0.29, 0.717) is 12.3 Å². The average molecular weight is 247 g/mol. The van der Waals surface area contributed by atoms with Crippen molar-refractivity contribution in [2.24, 2.45) is 0 Å². The molecule has 0 saturated carbocycles. The van der Waals surface area contributed by atoms with Gasteiger partial charge in [-0.2, -0.15) is 0 Å². The number of rotatable bonds is 5. The Morgan fingerprint density at radius 1 is 1.39 bits per heavy atom. The number of aliphatic carboxylic acids is 1. The maximum atomic E-state index is 10.7. The third kappa shape index (κ3) is 2.65. The van der Waals surface area contributed by atoms with Gasteiger partial charge in [-0.25, -0.2) is 4.68 Å². The Morgan fingerprint density at radius 2 is 2.11 bits per heavy atom. The molecule has 0 radical (unpaired) electrons. The number of carboxylic acid groups (broad SMARTS) is 1. The summed E-state index contributed by atoms with van der Waals surface area (Å²) in [6, 6.07) is 7.24. The van der Waals surface area contributed by atoms with Crippen LogP contribution in [0, 0.1) is 0 Å². The summed E-state index contributed by atoms with van der Waals surface area (Å²) in [6.45, 7) is 2.52. The average Bonchev–Trinajstić information content (AvgIpc) is 2.78. The number of hydrogen-bond donors (Lipinski definition) is 1. The van der Waals surface area contributed by atoms with Crippen molar-refractivity contribution in [1.82, 2.24) is 15.0 Å². The largest absolute Gasteiger partial charge is 0.494 e. The van der Waals surface area contributed by atoms with E-state index in [9.17, 15) is 4.79 Å². The molecular formula is C12H13N3O3. The lowest BCUT2D eigenvalue weighted by Crippen LogP contribution is -2.07. The minimum Gasteiger partial charge on any atom is -0.494 e. The van der Waals surface area contributed by atoms with E-state index in [4.69, 9.17) is 9.84 Å². The number of benzene rings is 1. The summed E-state index contributed by atoms with van der Waals surface area (Å²) >= 11 is 0. The van der Waals surface area contributed by atoms with Crippen LogP contribution in [-0.4, -0.2) is 32.7 Å². The van der Waals surface area contributed by atoms with Crippen LogP contribution in [0.4, 0.5) is 0 Å². The zero-order chi connectivity index (χ0) is 13.0. The van der Waals surface area contributed by atoms with Crippen molar-refractivity contribution in [2.75, 3.05) is 6.61 Å². The van der Waals surface area contributed by atoms with Crippen molar-refractivity contribution in [3.05, 3.63) is 36.2 Å². The summed E-state index contributed by atoms with van der Waals surface area (Å²) in [5.41, 5.74) is 1.29. The minimum absolute atomic E-state index is 0.111. The number of hydrogen-bond acceptors (Lipinski definition) is 4. The first-order valence-corrected chi connectivity index (χ1v) is 5.55. The Kier molecular flexibility index (Phi) is 3.57. The summed E-state index contributed by atoms with van der Waals surface area (Å²) < 4.78 is 6.84. The number of carbonyl (C=O) groups is 1. The Bertz CT molecular complexity index is 534. The van der Waals surface area contributed by atoms with E-state index in [1.54, 1.807) is 0 Å². The second-order valence-corrected chi connectivity index (χ2v) is 3.63. The highest BCUT2D eigenvalue weighted by Crippen LogP contribution is 2.16. The summed E-state index contributed by atoms with van der Waals surface area (Å²) in [4.78, 5) is 10.7. The van der Waals surface area contributed by atoms with Crippen molar-refractivity contribution in [2.45, 2.75) is 13.3 Å². The first-order valence-electron chi connectivity index (χ1n) is 5.55. The molecule has 1 aromatic heterocycles. The molecule has 0 unspecified atom stereocenters. The molecule has 0 fully saturated rings. The quantitative estimate of drug-likeness (QED) is 0.861. The van der Waals surface area contributed by atoms with Crippen LogP contribution in [-0.2, 0) is 11.2 Å². The van der Waals surface area contributed by atoms with E-state index >= 15 is 0 Å². The van der Waals surface area contributed by atoms with Crippen LogP contribution in [0.15, 0.2) is 30.5 Å².